The molecule has 0 aliphatic rings. The number of rotatable bonds is 38. The number of nitrogens with zero attached hydrogens (tertiary/aromatic N) is 2. The summed E-state index contributed by atoms with van der Waals surface area (Å²) in [6.45, 7) is 5.88. The number of nitrogens with one attached hydrogen (secondary N) is 8. The van der Waals surface area contributed by atoms with Crippen LogP contribution in [0.5, 0.6) is 0 Å². The zero-order valence-electron chi connectivity index (χ0n) is 43.2. The summed E-state index contributed by atoms with van der Waals surface area (Å²) >= 11 is 0. The normalized spacial score (nSPS) is 14.2. The van der Waals surface area contributed by atoms with E-state index in [1.165, 1.54) is 6.92 Å². The summed E-state index contributed by atoms with van der Waals surface area (Å²) in [5.74, 6) is -8.11. The van der Waals surface area contributed by atoms with E-state index in [4.69, 9.17) is 40.1 Å². The number of aliphatic imine (C=N–C) groups is 2. The second-order valence-corrected chi connectivity index (χ2v) is 18.2. The van der Waals surface area contributed by atoms with Crippen LogP contribution in [0.3, 0.4) is 0 Å². The Morgan fingerprint density at radius 2 is 0.892 bits per heavy atom. The van der Waals surface area contributed by atoms with E-state index in [0.717, 1.165) is 0 Å². The first kappa shape index (κ1) is 64.9. The molecule has 0 unspecified atom stereocenters. The maximum absolute atomic E-state index is 14.4. The Labute approximate surface area is 432 Å². The van der Waals surface area contributed by atoms with Gasteiger partial charge in [0.25, 0.3) is 0 Å². The molecule has 0 saturated heterocycles. The molecule has 0 radical (unpaired) electrons. The first-order valence-electron chi connectivity index (χ1n) is 24.9. The third-order valence-corrected chi connectivity index (χ3v) is 11.4. The van der Waals surface area contributed by atoms with E-state index < -0.39 is 108 Å². The van der Waals surface area contributed by atoms with Gasteiger partial charge >= 0.3 is 5.97 Å². The Morgan fingerprint density at radius 3 is 1.32 bits per heavy atom. The van der Waals surface area contributed by atoms with Crippen LogP contribution >= 0.6 is 0 Å². The van der Waals surface area contributed by atoms with Gasteiger partial charge in [0.05, 0.1) is 12.5 Å². The third-order valence-electron chi connectivity index (χ3n) is 11.4. The maximum atomic E-state index is 14.4. The zero-order chi connectivity index (χ0) is 55.8. The van der Waals surface area contributed by atoms with Crippen molar-refractivity contribution in [1.29, 1.82) is 0 Å². The Bertz CT molecular complexity index is 2020. The number of nitrogens with two attached hydrogens (primary N) is 7. The minimum absolute atomic E-state index is 0.0129. The summed E-state index contributed by atoms with van der Waals surface area (Å²) in [4.78, 5) is 129. The van der Waals surface area contributed by atoms with Gasteiger partial charge in [-0.3, -0.25) is 53.1 Å². The molecule has 8 atom stereocenters. The van der Waals surface area contributed by atoms with Crippen molar-refractivity contribution in [2.24, 2.45) is 56.0 Å². The molecular formula is C47H83N17O10. The predicted molar refractivity (Wildman–Crippen MR) is 279 cm³/mol. The smallest absolute Gasteiger partial charge is 0.305 e. The number of benzene rings is 1. The number of hydrogen-bond donors (Lipinski definition) is 16. The summed E-state index contributed by atoms with van der Waals surface area (Å²) in [5, 5.41) is 30.8. The number of likely N-dealkylation sites (N-methyl/N-ethyl adjacent to an activating group) is 1. The minimum atomic E-state index is -1.59. The molecule has 1 rings (SSSR count). The monoisotopic (exact) mass is 1050 g/mol. The summed E-state index contributed by atoms with van der Waals surface area (Å²) in [5.41, 5.74) is 39.3. The van der Waals surface area contributed by atoms with Gasteiger partial charge in [-0.15, -0.1) is 0 Å². The number of guanidine groups is 2. The van der Waals surface area contributed by atoms with Crippen molar-refractivity contribution in [3.63, 3.8) is 0 Å². The standard InChI is InChI=1S/C47H83N17O10/c1-27(2)24-34(55-4)43(72)64-36(26-37(65)66)45(74)63-35(25-29-14-6-5-7-15-29)44(73)62-32(17-9-11-21-49)41(70)61-33(19-13-23-57-47(53)54)42(71)60-31(16-8-10-20-48)40(69)58-28(3)39(68)59-30(38(50)67)18-12-22-56-46(51)52/h5-7,14-15,27-28,30-36,55H,8-13,16-26,48-49H2,1-4H3,(H2,50,67)(H,58,69)(H,59,68)(H,60,71)(H,61,70)(H,62,73)(H,63,74)(H,64,72)(H,65,66)(H4,51,52,56)(H4,53,54,57)/t28-,30+,31+,32+,33-,34-,35-,36-/m0/s1. The van der Waals surface area contributed by atoms with Crippen LogP contribution in [0.1, 0.15) is 103 Å². The second kappa shape index (κ2) is 35.9. The van der Waals surface area contributed by atoms with Gasteiger partial charge in [0.2, 0.25) is 47.3 Å². The van der Waals surface area contributed by atoms with E-state index in [2.05, 4.69) is 52.5 Å². The van der Waals surface area contributed by atoms with E-state index in [9.17, 15) is 48.3 Å². The predicted octanol–water partition coefficient (Wildman–Crippen LogP) is -4.40. The van der Waals surface area contributed by atoms with Crippen molar-refractivity contribution < 1.29 is 48.3 Å². The van der Waals surface area contributed by atoms with E-state index in [1.807, 2.05) is 13.8 Å². The average Bonchev–Trinajstić information content (AvgIpc) is 3.33. The first-order chi connectivity index (χ1) is 35.0. The highest BCUT2D eigenvalue weighted by Crippen LogP contribution is 2.11. The largest absolute Gasteiger partial charge is 0.481 e. The van der Waals surface area contributed by atoms with Crippen LogP contribution < -0.4 is 82.7 Å². The van der Waals surface area contributed by atoms with Crippen LogP contribution in [0.15, 0.2) is 40.3 Å². The number of amides is 8. The minimum Gasteiger partial charge on any atom is -0.481 e. The van der Waals surface area contributed by atoms with Crippen LogP contribution in [0.2, 0.25) is 0 Å². The average molecular weight is 1050 g/mol. The summed E-state index contributed by atoms with van der Waals surface area (Å²) in [7, 11) is 1.56. The summed E-state index contributed by atoms with van der Waals surface area (Å²) in [6.07, 6.45) is 1.61. The molecule has 1 aromatic carbocycles. The van der Waals surface area contributed by atoms with Gasteiger partial charge < -0.3 is 87.8 Å². The molecule has 0 aliphatic heterocycles. The molecular weight excluding hydrogens is 963 g/mol. The molecule has 74 heavy (non-hydrogen) atoms. The highest BCUT2D eigenvalue weighted by atomic mass is 16.4. The van der Waals surface area contributed by atoms with Gasteiger partial charge in [-0.2, -0.15) is 0 Å². The molecule has 27 heteroatoms. The van der Waals surface area contributed by atoms with Crippen molar-refractivity contribution in [3.8, 4) is 0 Å². The zero-order valence-corrected chi connectivity index (χ0v) is 43.2. The second-order valence-electron chi connectivity index (χ2n) is 18.2. The molecule has 23 N–H and O–H groups in total. The lowest BCUT2D eigenvalue weighted by molar-refractivity contribution is -0.141. The van der Waals surface area contributed by atoms with E-state index in [0.29, 0.717) is 44.1 Å². The molecule has 0 fully saturated rings. The molecule has 416 valence electrons. The molecule has 0 heterocycles. The number of primary amides is 1. The van der Waals surface area contributed by atoms with Crippen LogP contribution in [0, 0.1) is 5.92 Å². The van der Waals surface area contributed by atoms with E-state index in [1.54, 1.807) is 37.4 Å². The van der Waals surface area contributed by atoms with Crippen LogP contribution in [-0.4, -0.2) is 152 Å². The lowest BCUT2D eigenvalue weighted by Crippen LogP contribution is -2.60. The molecule has 0 saturated carbocycles. The Balaban J connectivity index is 3.55. The van der Waals surface area contributed by atoms with E-state index >= 15 is 0 Å². The number of aliphatic carboxylic acids is 1. The van der Waals surface area contributed by atoms with Crippen molar-refractivity contribution >= 4 is 65.1 Å². The van der Waals surface area contributed by atoms with Crippen molar-refractivity contribution in [3.05, 3.63) is 35.9 Å². The van der Waals surface area contributed by atoms with Crippen LogP contribution in [0.4, 0.5) is 0 Å². The van der Waals surface area contributed by atoms with Gasteiger partial charge in [-0.1, -0.05) is 44.2 Å². The molecule has 1 aromatic rings. The molecule has 8 amide bonds. The van der Waals surface area contributed by atoms with Crippen molar-refractivity contribution in [2.75, 3.05) is 33.2 Å². The molecule has 0 aromatic heterocycles. The molecule has 0 spiro atoms. The van der Waals surface area contributed by atoms with Gasteiger partial charge in [-0.05, 0) is 109 Å². The quantitative estimate of drug-likeness (QED) is 0.0169. The topological polar surface area (TPSA) is 477 Å². The van der Waals surface area contributed by atoms with Gasteiger partial charge in [0.1, 0.15) is 42.3 Å². The van der Waals surface area contributed by atoms with Crippen LogP contribution in [0.25, 0.3) is 0 Å². The fourth-order valence-electron chi connectivity index (χ4n) is 7.39. The summed E-state index contributed by atoms with van der Waals surface area (Å²) in [6, 6.07) is -1.49. The lowest BCUT2D eigenvalue weighted by Gasteiger charge is -2.28. The van der Waals surface area contributed by atoms with Gasteiger partial charge in [-0.25, -0.2) is 0 Å². The highest BCUT2D eigenvalue weighted by molar-refractivity contribution is 5.98. The van der Waals surface area contributed by atoms with E-state index in [-0.39, 0.29) is 82.5 Å². The Hall–Kier alpha value is -7.13. The maximum Gasteiger partial charge on any atom is 0.305 e. The number of carboxylic acid groups (broad SMARTS) is 1. The molecule has 0 bridgehead atoms. The SMILES string of the molecule is CN[C@@H](CC(C)C)C(=O)N[C@@H](CC(=O)O)C(=O)N[C@@H](Cc1ccccc1)C(=O)N[C@H](CCCCN)C(=O)N[C@@H](CCCN=C(N)N)C(=O)N[C@H](CCCCN)C(=O)N[C@@H](C)C(=O)N[C@H](CCCN=C(N)N)C(N)=O. The lowest BCUT2D eigenvalue weighted by atomic mass is 10.0. The molecule has 0 aliphatic carbocycles. The highest BCUT2D eigenvalue weighted by Gasteiger charge is 2.34. The Morgan fingerprint density at radius 1 is 0.500 bits per heavy atom. The number of unbranched alkanes of at least 4 members (excludes halogenated alkanes) is 2. The first-order valence-corrected chi connectivity index (χ1v) is 24.9. The number of hydrogen-bond acceptors (Lipinski definition) is 14. The number of carbonyl (C=O) groups is 9. The third kappa shape index (κ3) is 27.1. The van der Waals surface area contributed by atoms with Crippen LogP contribution in [-0.2, 0) is 49.6 Å². The number of carboxylic acids is 1. The fourth-order valence-corrected chi connectivity index (χ4v) is 7.39. The Kier molecular flexibility index (Phi) is 31.5. The molecule has 27 nitrogen and oxygen atoms in total. The van der Waals surface area contributed by atoms with Gasteiger partial charge in [0, 0.05) is 19.5 Å². The van der Waals surface area contributed by atoms with Crippen molar-refractivity contribution in [2.45, 2.75) is 153 Å². The number of carbonyl (C=O) groups excluding carboxylic acids is 8. The van der Waals surface area contributed by atoms with Crippen molar-refractivity contribution in [1.82, 2.24) is 42.5 Å². The summed E-state index contributed by atoms with van der Waals surface area (Å²) < 4.78 is 0. The van der Waals surface area contributed by atoms with Gasteiger partial charge in [0.15, 0.2) is 11.9 Å². The fraction of sp³-hybridized carbons (Fsp3) is 0.638.